The lowest BCUT2D eigenvalue weighted by molar-refractivity contribution is 0.0950. The zero-order valence-electron chi connectivity index (χ0n) is 12.2. The van der Waals surface area contributed by atoms with Gasteiger partial charge < -0.3 is 0 Å². The van der Waals surface area contributed by atoms with Crippen molar-refractivity contribution in [1.29, 1.82) is 0 Å². The number of benzene rings is 1. The maximum absolute atomic E-state index is 12.0. The standard InChI is InChI=1S/C16H13ClN4OS/c1-10-2-7-15(23-10)13-8-14(20-19-13)16(22)21-18-9-11-3-5-12(17)6-4-11/h2-9H,1H3,(H,19,20)(H,21,22)/b18-9-. The van der Waals surface area contributed by atoms with Gasteiger partial charge in [-0.2, -0.15) is 10.2 Å². The van der Waals surface area contributed by atoms with Gasteiger partial charge in [-0.3, -0.25) is 9.89 Å². The van der Waals surface area contributed by atoms with Gasteiger partial charge >= 0.3 is 0 Å². The third kappa shape index (κ3) is 3.85. The Hall–Kier alpha value is -2.44. The van der Waals surface area contributed by atoms with Gasteiger partial charge in [0.05, 0.1) is 16.8 Å². The molecule has 0 spiro atoms. The highest BCUT2D eigenvalue weighted by molar-refractivity contribution is 7.15. The molecule has 2 aromatic heterocycles. The molecule has 1 aromatic carbocycles. The first-order valence-electron chi connectivity index (χ1n) is 6.83. The number of H-pyrrole nitrogens is 1. The molecule has 7 heteroatoms. The van der Waals surface area contributed by atoms with Gasteiger partial charge in [0.25, 0.3) is 5.91 Å². The second-order valence-corrected chi connectivity index (χ2v) is 6.55. The molecule has 0 atom stereocenters. The van der Waals surface area contributed by atoms with E-state index in [-0.39, 0.29) is 5.91 Å². The molecule has 5 nitrogen and oxygen atoms in total. The van der Waals surface area contributed by atoms with Crippen LogP contribution in [0.15, 0.2) is 47.6 Å². The fourth-order valence-electron chi connectivity index (χ4n) is 1.92. The summed E-state index contributed by atoms with van der Waals surface area (Å²) in [7, 11) is 0. The number of nitrogens with one attached hydrogen (secondary N) is 2. The Morgan fingerprint density at radius 1 is 1.30 bits per heavy atom. The first-order chi connectivity index (χ1) is 11.1. The van der Waals surface area contributed by atoms with Crippen molar-refractivity contribution >= 4 is 35.1 Å². The van der Waals surface area contributed by atoms with Crippen LogP contribution in [-0.4, -0.2) is 22.3 Å². The number of aromatic nitrogens is 2. The summed E-state index contributed by atoms with van der Waals surface area (Å²) in [6.45, 7) is 2.03. The normalized spacial score (nSPS) is 11.0. The van der Waals surface area contributed by atoms with Gasteiger partial charge in [-0.25, -0.2) is 5.43 Å². The molecule has 2 heterocycles. The van der Waals surface area contributed by atoms with E-state index in [9.17, 15) is 4.79 Å². The number of hydrogen-bond donors (Lipinski definition) is 2. The first kappa shape index (κ1) is 15.5. The molecule has 116 valence electrons. The third-order valence-corrected chi connectivity index (χ3v) is 4.35. The van der Waals surface area contributed by atoms with Crippen molar-refractivity contribution in [2.75, 3.05) is 0 Å². The number of aryl methyl sites for hydroxylation is 1. The summed E-state index contributed by atoms with van der Waals surface area (Å²) in [5, 5.41) is 11.4. The Morgan fingerprint density at radius 2 is 2.09 bits per heavy atom. The number of hydrogen-bond acceptors (Lipinski definition) is 4. The van der Waals surface area contributed by atoms with Crippen molar-refractivity contribution in [1.82, 2.24) is 15.6 Å². The monoisotopic (exact) mass is 344 g/mol. The minimum atomic E-state index is -0.369. The largest absolute Gasteiger partial charge is 0.291 e. The summed E-state index contributed by atoms with van der Waals surface area (Å²) in [4.78, 5) is 14.3. The van der Waals surface area contributed by atoms with E-state index in [0.717, 1.165) is 16.1 Å². The van der Waals surface area contributed by atoms with E-state index in [0.29, 0.717) is 10.7 Å². The van der Waals surface area contributed by atoms with Gasteiger partial charge in [0.2, 0.25) is 0 Å². The molecule has 1 amide bonds. The maximum atomic E-state index is 12.0. The molecule has 0 aliphatic heterocycles. The molecule has 3 aromatic rings. The Kier molecular flexibility index (Phi) is 4.55. The molecule has 0 fully saturated rings. The number of amides is 1. The average Bonchev–Trinajstić information content (AvgIpc) is 3.18. The van der Waals surface area contributed by atoms with E-state index < -0.39 is 0 Å². The zero-order valence-corrected chi connectivity index (χ0v) is 13.8. The fraction of sp³-hybridized carbons (Fsp3) is 0.0625. The van der Waals surface area contributed by atoms with Crippen LogP contribution in [0.2, 0.25) is 5.02 Å². The quantitative estimate of drug-likeness (QED) is 0.557. The molecular weight excluding hydrogens is 332 g/mol. The predicted octanol–water partition coefficient (Wildman–Crippen LogP) is 3.86. The molecule has 23 heavy (non-hydrogen) atoms. The molecule has 0 radical (unpaired) electrons. The number of nitrogens with zero attached hydrogens (tertiary/aromatic N) is 2. The second kappa shape index (κ2) is 6.76. The van der Waals surface area contributed by atoms with Gasteiger partial charge in [0.1, 0.15) is 0 Å². The number of carbonyl (C=O) groups is 1. The van der Waals surface area contributed by atoms with Crippen LogP contribution in [0.4, 0.5) is 0 Å². The Labute approximate surface area is 142 Å². The number of rotatable bonds is 4. The minimum Gasteiger partial charge on any atom is -0.276 e. The van der Waals surface area contributed by atoms with E-state index in [4.69, 9.17) is 11.6 Å². The van der Waals surface area contributed by atoms with Crippen molar-refractivity contribution in [3.05, 3.63) is 63.6 Å². The van der Waals surface area contributed by atoms with Gasteiger partial charge in [-0.1, -0.05) is 23.7 Å². The molecular formula is C16H13ClN4OS. The molecule has 0 aliphatic rings. The zero-order chi connectivity index (χ0) is 16.2. The molecule has 0 aliphatic carbocycles. The first-order valence-corrected chi connectivity index (χ1v) is 8.02. The molecule has 0 saturated carbocycles. The van der Waals surface area contributed by atoms with Crippen LogP contribution in [0, 0.1) is 6.92 Å². The summed E-state index contributed by atoms with van der Waals surface area (Å²) >= 11 is 7.44. The van der Waals surface area contributed by atoms with Crippen LogP contribution in [0.1, 0.15) is 20.9 Å². The van der Waals surface area contributed by atoms with Crippen LogP contribution >= 0.6 is 22.9 Å². The van der Waals surface area contributed by atoms with Gasteiger partial charge in [0, 0.05) is 9.90 Å². The minimum absolute atomic E-state index is 0.291. The summed E-state index contributed by atoms with van der Waals surface area (Å²) in [5.74, 6) is -0.369. The van der Waals surface area contributed by atoms with E-state index in [1.54, 1.807) is 35.8 Å². The highest BCUT2D eigenvalue weighted by atomic mass is 35.5. The lowest BCUT2D eigenvalue weighted by Crippen LogP contribution is -2.17. The lowest BCUT2D eigenvalue weighted by Gasteiger charge is -1.95. The van der Waals surface area contributed by atoms with Crippen molar-refractivity contribution in [2.24, 2.45) is 5.10 Å². The van der Waals surface area contributed by atoms with Crippen molar-refractivity contribution in [2.45, 2.75) is 6.92 Å². The van der Waals surface area contributed by atoms with Crippen LogP contribution in [-0.2, 0) is 0 Å². The maximum Gasteiger partial charge on any atom is 0.291 e. The Bertz CT molecular complexity index is 851. The third-order valence-electron chi connectivity index (χ3n) is 3.07. The predicted molar refractivity (Wildman–Crippen MR) is 93.1 cm³/mol. The lowest BCUT2D eigenvalue weighted by atomic mass is 10.2. The number of thiophene rings is 1. The number of aromatic amines is 1. The summed E-state index contributed by atoms with van der Waals surface area (Å²) in [6, 6.07) is 12.9. The topological polar surface area (TPSA) is 70.1 Å². The van der Waals surface area contributed by atoms with Crippen molar-refractivity contribution < 1.29 is 4.79 Å². The number of carbonyl (C=O) groups excluding carboxylic acids is 1. The van der Waals surface area contributed by atoms with Gasteiger partial charge in [0.15, 0.2) is 5.69 Å². The SMILES string of the molecule is Cc1ccc(-c2cc(C(=O)N/N=C\c3ccc(Cl)cc3)n[nH]2)s1. The summed E-state index contributed by atoms with van der Waals surface area (Å²) < 4.78 is 0. The van der Waals surface area contributed by atoms with Crippen molar-refractivity contribution in [3.8, 4) is 10.6 Å². The summed E-state index contributed by atoms with van der Waals surface area (Å²) in [5.41, 5.74) is 4.40. The molecule has 3 rings (SSSR count). The van der Waals surface area contributed by atoms with Crippen LogP contribution in [0.5, 0.6) is 0 Å². The van der Waals surface area contributed by atoms with E-state index in [1.807, 2.05) is 31.2 Å². The molecule has 0 unspecified atom stereocenters. The molecule has 2 N–H and O–H groups in total. The highest BCUT2D eigenvalue weighted by Gasteiger charge is 2.11. The molecule has 0 saturated heterocycles. The van der Waals surface area contributed by atoms with Crippen LogP contribution < -0.4 is 5.43 Å². The second-order valence-electron chi connectivity index (χ2n) is 4.83. The van der Waals surface area contributed by atoms with E-state index >= 15 is 0 Å². The van der Waals surface area contributed by atoms with Crippen LogP contribution in [0.25, 0.3) is 10.6 Å². The average molecular weight is 345 g/mol. The number of hydrazone groups is 1. The Balaban J connectivity index is 1.64. The van der Waals surface area contributed by atoms with E-state index in [1.165, 1.54) is 4.88 Å². The van der Waals surface area contributed by atoms with Gasteiger partial charge in [-0.05, 0) is 42.8 Å². The van der Waals surface area contributed by atoms with Crippen LogP contribution in [0.3, 0.4) is 0 Å². The van der Waals surface area contributed by atoms with Crippen molar-refractivity contribution in [3.63, 3.8) is 0 Å². The summed E-state index contributed by atoms with van der Waals surface area (Å²) in [6.07, 6.45) is 1.55. The van der Waals surface area contributed by atoms with Gasteiger partial charge in [-0.15, -0.1) is 11.3 Å². The highest BCUT2D eigenvalue weighted by Crippen LogP contribution is 2.26. The number of halogens is 1. The molecule has 0 bridgehead atoms. The fourth-order valence-corrected chi connectivity index (χ4v) is 2.87. The van der Waals surface area contributed by atoms with E-state index in [2.05, 4.69) is 20.7 Å². The Morgan fingerprint density at radius 3 is 2.78 bits per heavy atom. The smallest absolute Gasteiger partial charge is 0.276 e.